The van der Waals surface area contributed by atoms with Gasteiger partial charge >= 0.3 is 0 Å². The van der Waals surface area contributed by atoms with Crippen molar-refractivity contribution in [3.8, 4) is 11.5 Å². The molecular weight excluding hydrogens is 312 g/mol. The van der Waals surface area contributed by atoms with E-state index in [2.05, 4.69) is 15.1 Å². The SMILES string of the molecule is COc1ccc(OCCCSc2ncnc3c2cnn3C)cc1. The summed E-state index contributed by atoms with van der Waals surface area (Å²) in [6.45, 7) is 0.667. The van der Waals surface area contributed by atoms with Crippen LogP contribution in [0.15, 0.2) is 41.8 Å². The summed E-state index contributed by atoms with van der Waals surface area (Å²) in [6.07, 6.45) is 4.33. The van der Waals surface area contributed by atoms with Crippen molar-refractivity contribution in [2.45, 2.75) is 11.4 Å². The van der Waals surface area contributed by atoms with E-state index in [1.165, 1.54) is 0 Å². The molecule has 0 saturated carbocycles. The third-order valence-electron chi connectivity index (χ3n) is 3.35. The average molecular weight is 330 g/mol. The molecule has 120 valence electrons. The van der Waals surface area contributed by atoms with Crippen molar-refractivity contribution >= 4 is 22.8 Å². The maximum Gasteiger partial charge on any atom is 0.162 e. The largest absolute Gasteiger partial charge is 0.497 e. The zero-order chi connectivity index (χ0) is 16.1. The third kappa shape index (κ3) is 3.73. The predicted octanol–water partition coefficient (Wildman–Crippen LogP) is 2.93. The van der Waals surface area contributed by atoms with Gasteiger partial charge in [0.15, 0.2) is 5.65 Å². The maximum absolute atomic E-state index is 5.72. The Kier molecular flexibility index (Phi) is 4.97. The molecule has 0 atom stereocenters. The standard InChI is InChI=1S/C16H18N4O2S/c1-20-15-14(10-19-20)16(18-11-17-15)23-9-3-8-22-13-6-4-12(21-2)5-7-13/h4-7,10-11H,3,8-9H2,1-2H3. The number of thioether (sulfide) groups is 1. The molecule has 0 radical (unpaired) electrons. The topological polar surface area (TPSA) is 62.1 Å². The van der Waals surface area contributed by atoms with E-state index in [9.17, 15) is 0 Å². The first-order chi connectivity index (χ1) is 11.3. The zero-order valence-corrected chi connectivity index (χ0v) is 13.9. The number of hydrogen-bond donors (Lipinski definition) is 0. The van der Waals surface area contributed by atoms with E-state index in [1.54, 1.807) is 29.9 Å². The summed E-state index contributed by atoms with van der Waals surface area (Å²) < 4.78 is 12.6. The monoisotopic (exact) mass is 330 g/mol. The number of nitrogens with zero attached hydrogens (tertiary/aromatic N) is 4. The van der Waals surface area contributed by atoms with Crippen LogP contribution in [0.5, 0.6) is 11.5 Å². The van der Waals surface area contributed by atoms with Crippen LogP contribution >= 0.6 is 11.8 Å². The molecule has 0 unspecified atom stereocenters. The van der Waals surface area contributed by atoms with Crippen LogP contribution in [0.3, 0.4) is 0 Å². The first-order valence-electron chi connectivity index (χ1n) is 7.30. The highest BCUT2D eigenvalue weighted by Crippen LogP contribution is 2.24. The minimum Gasteiger partial charge on any atom is -0.497 e. The van der Waals surface area contributed by atoms with Crippen LogP contribution in [0.25, 0.3) is 11.0 Å². The predicted molar refractivity (Wildman–Crippen MR) is 90.1 cm³/mol. The lowest BCUT2D eigenvalue weighted by molar-refractivity contribution is 0.318. The van der Waals surface area contributed by atoms with E-state index in [0.29, 0.717) is 6.61 Å². The van der Waals surface area contributed by atoms with Crippen molar-refractivity contribution in [2.24, 2.45) is 7.05 Å². The quantitative estimate of drug-likeness (QED) is 0.377. The lowest BCUT2D eigenvalue weighted by atomic mass is 10.3. The number of fused-ring (bicyclic) bond motifs is 1. The summed E-state index contributed by atoms with van der Waals surface area (Å²) in [5.74, 6) is 2.61. The molecule has 23 heavy (non-hydrogen) atoms. The Morgan fingerprint density at radius 3 is 2.70 bits per heavy atom. The van der Waals surface area contributed by atoms with Gasteiger partial charge in [-0.25, -0.2) is 9.97 Å². The second kappa shape index (κ2) is 7.32. The van der Waals surface area contributed by atoms with Gasteiger partial charge in [-0.15, -0.1) is 11.8 Å². The first-order valence-corrected chi connectivity index (χ1v) is 8.29. The van der Waals surface area contributed by atoms with Gasteiger partial charge in [0, 0.05) is 12.8 Å². The summed E-state index contributed by atoms with van der Waals surface area (Å²) in [6, 6.07) is 7.61. The normalized spacial score (nSPS) is 10.9. The lowest BCUT2D eigenvalue weighted by Crippen LogP contribution is -1.99. The highest BCUT2D eigenvalue weighted by Gasteiger charge is 2.07. The van der Waals surface area contributed by atoms with Gasteiger partial charge in [-0.2, -0.15) is 5.10 Å². The van der Waals surface area contributed by atoms with Crippen LogP contribution in [-0.4, -0.2) is 39.2 Å². The van der Waals surface area contributed by atoms with Crippen LogP contribution < -0.4 is 9.47 Å². The van der Waals surface area contributed by atoms with Gasteiger partial charge in [-0.05, 0) is 30.7 Å². The van der Waals surface area contributed by atoms with Gasteiger partial charge in [0.25, 0.3) is 0 Å². The molecule has 1 aromatic carbocycles. The molecule has 2 aromatic heterocycles. The summed E-state index contributed by atoms with van der Waals surface area (Å²) in [4.78, 5) is 8.58. The van der Waals surface area contributed by atoms with Crippen LogP contribution in [0.2, 0.25) is 0 Å². The number of aromatic nitrogens is 4. The molecule has 3 rings (SSSR count). The fraction of sp³-hybridized carbons (Fsp3) is 0.312. The minimum atomic E-state index is 0.667. The number of hydrogen-bond acceptors (Lipinski definition) is 6. The molecule has 0 fully saturated rings. The fourth-order valence-electron chi connectivity index (χ4n) is 2.15. The molecule has 6 nitrogen and oxygen atoms in total. The minimum absolute atomic E-state index is 0.667. The summed E-state index contributed by atoms with van der Waals surface area (Å²) in [7, 11) is 3.53. The van der Waals surface area contributed by atoms with Crippen molar-refractivity contribution in [2.75, 3.05) is 19.5 Å². The van der Waals surface area contributed by atoms with E-state index >= 15 is 0 Å². The smallest absolute Gasteiger partial charge is 0.162 e. The number of rotatable bonds is 7. The van der Waals surface area contributed by atoms with Crippen LogP contribution in [-0.2, 0) is 7.05 Å². The lowest BCUT2D eigenvalue weighted by Gasteiger charge is -2.07. The fourth-order valence-corrected chi connectivity index (χ4v) is 3.02. The molecule has 0 amide bonds. The van der Waals surface area contributed by atoms with E-state index in [1.807, 2.05) is 37.5 Å². The highest BCUT2D eigenvalue weighted by molar-refractivity contribution is 7.99. The van der Waals surface area contributed by atoms with E-state index < -0.39 is 0 Å². The van der Waals surface area contributed by atoms with Crippen LogP contribution in [0.1, 0.15) is 6.42 Å². The van der Waals surface area contributed by atoms with Gasteiger partial charge in [-0.3, -0.25) is 4.68 Å². The Bertz CT molecular complexity index is 773. The summed E-state index contributed by atoms with van der Waals surface area (Å²) in [5.41, 5.74) is 0.858. The molecule has 0 N–H and O–H groups in total. The third-order valence-corrected chi connectivity index (χ3v) is 4.44. The Balaban J connectivity index is 1.47. The number of aryl methyl sites for hydroxylation is 1. The first kappa shape index (κ1) is 15.6. The number of methoxy groups -OCH3 is 1. The molecule has 0 aliphatic heterocycles. The number of benzene rings is 1. The van der Waals surface area contributed by atoms with E-state index in [4.69, 9.17) is 9.47 Å². The Morgan fingerprint density at radius 2 is 1.91 bits per heavy atom. The number of ether oxygens (including phenoxy) is 2. The van der Waals surface area contributed by atoms with Crippen molar-refractivity contribution < 1.29 is 9.47 Å². The van der Waals surface area contributed by atoms with Crippen molar-refractivity contribution in [1.82, 2.24) is 19.7 Å². The molecule has 0 bridgehead atoms. The molecule has 0 spiro atoms. The zero-order valence-electron chi connectivity index (χ0n) is 13.1. The van der Waals surface area contributed by atoms with E-state index in [0.717, 1.165) is 39.7 Å². The summed E-state index contributed by atoms with van der Waals surface area (Å²) >= 11 is 1.70. The molecule has 3 aromatic rings. The van der Waals surface area contributed by atoms with Gasteiger partial charge < -0.3 is 9.47 Å². The van der Waals surface area contributed by atoms with E-state index in [-0.39, 0.29) is 0 Å². The van der Waals surface area contributed by atoms with Crippen molar-refractivity contribution in [3.63, 3.8) is 0 Å². The molecule has 7 heteroatoms. The van der Waals surface area contributed by atoms with Crippen molar-refractivity contribution in [3.05, 3.63) is 36.8 Å². The van der Waals surface area contributed by atoms with Gasteiger partial charge in [0.1, 0.15) is 22.9 Å². The molecule has 0 aliphatic rings. The van der Waals surface area contributed by atoms with Gasteiger partial charge in [0.2, 0.25) is 0 Å². The molecule has 0 aliphatic carbocycles. The average Bonchev–Trinajstić information content (AvgIpc) is 2.97. The molecule has 2 heterocycles. The molecule has 0 saturated heterocycles. The van der Waals surface area contributed by atoms with Gasteiger partial charge in [0.05, 0.1) is 25.3 Å². The Morgan fingerprint density at radius 1 is 1.13 bits per heavy atom. The molecular formula is C16H18N4O2S. The highest BCUT2D eigenvalue weighted by atomic mass is 32.2. The summed E-state index contributed by atoms with van der Waals surface area (Å²) in [5, 5.41) is 6.18. The van der Waals surface area contributed by atoms with Crippen LogP contribution in [0, 0.1) is 0 Å². The Labute approximate surface area is 138 Å². The Hall–Kier alpha value is -2.28. The van der Waals surface area contributed by atoms with Crippen LogP contribution in [0.4, 0.5) is 0 Å². The second-order valence-electron chi connectivity index (χ2n) is 4.91. The maximum atomic E-state index is 5.72. The second-order valence-corrected chi connectivity index (χ2v) is 5.99. The van der Waals surface area contributed by atoms with Crippen molar-refractivity contribution in [1.29, 1.82) is 0 Å². The van der Waals surface area contributed by atoms with Gasteiger partial charge in [-0.1, -0.05) is 0 Å².